The van der Waals surface area contributed by atoms with E-state index in [0.717, 1.165) is 79.5 Å². The summed E-state index contributed by atoms with van der Waals surface area (Å²) in [6, 6.07) is 27.2. The van der Waals surface area contributed by atoms with Crippen LogP contribution in [-0.4, -0.2) is 148 Å². The summed E-state index contributed by atoms with van der Waals surface area (Å²) in [4.78, 5) is 14.2. The van der Waals surface area contributed by atoms with Crippen LogP contribution in [0.2, 0.25) is 5.02 Å². The third-order valence-electron chi connectivity index (χ3n) is 18.0. The molecule has 0 atom stereocenters. The van der Waals surface area contributed by atoms with Gasteiger partial charge in [-0.1, -0.05) is 105 Å². The summed E-state index contributed by atoms with van der Waals surface area (Å²) in [5.41, 5.74) is 7.10. The minimum Gasteiger partial charge on any atom is -0.488 e. The van der Waals surface area contributed by atoms with Gasteiger partial charge in [-0.25, -0.2) is 22.5 Å². The number of likely N-dealkylation sites (tertiary alicyclic amines) is 4. The molecular weight excluding hydrogens is 1170 g/mol. The van der Waals surface area contributed by atoms with Gasteiger partial charge in [-0.15, -0.1) is 0 Å². The van der Waals surface area contributed by atoms with E-state index < -0.39 is 11.6 Å². The summed E-state index contributed by atoms with van der Waals surface area (Å²) >= 11 is 6.35. The first-order chi connectivity index (χ1) is 43.2. The zero-order valence-electron chi connectivity index (χ0n) is 58.6. The monoisotopic (exact) mass is 1290 g/mol. The summed E-state index contributed by atoms with van der Waals surface area (Å²) in [5, 5.41) is 14.4. The smallest absolute Gasteiger partial charge is 0.165 e. The molecule has 0 aliphatic carbocycles. The summed E-state index contributed by atoms with van der Waals surface area (Å²) in [6.07, 6.45) is 10.8. The molecule has 5 aromatic rings. The molecule has 91 heavy (non-hydrogen) atoms. The molecule has 0 radical (unpaired) electrons. The van der Waals surface area contributed by atoms with Crippen LogP contribution in [-0.2, 0) is 4.74 Å². The van der Waals surface area contributed by atoms with Crippen molar-refractivity contribution < 1.29 is 27.0 Å². The largest absolute Gasteiger partial charge is 0.488 e. The van der Waals surface area contributed by atoms with E-state index >= 15 is 0 Å². The molecule has 9 rings (SSSR count). The highest BCUT2D eigenvalue weighted by Crippen LogP contribution is 2.31. The third-order valence-corrected chi connectivity index (χ3v) is 18.4. The summed E-state index contributed by atoms with van der Waals surface area (Å²) in [6.45, 7) is 39.6. The Morgan fingerprint density at radius 3 is 1.23 bits per heavy atom. The number of halogens is 5. The van der Waals surface area contributed by atoms with Gasteiger partial charge in [0.05, 0.1) is 23.0 Å². The highest BCUT2D eigenvalue weighted by Gasteiger charge is 2.25. The number of benzene rings is 4. The van der Waals surface area contributed by atoms with Crippen molar-refractivity contribution in [3.63, 3.8) is 0 Å². The summed E-state index contributed by atoms with van der Waals surface area (Å²) in [5.74, 6) is 1.81. The minimum atomic E-state index is -0.484. The second-order valence-electron chi connectivity index (χ2n) is 27.7. The van der Waals surface area contributed by atoms with Gasteiger partial charge in [0.1, 0.15) is 35.6 Å². The van der Waals surface area contributed by atoms with E-state index in [1.54, 1.807) is 19.2 Å². The molecule has 5 heterocycles. The summed E-state index contributed by atoms with van der Waals surface area (Å²) in [7, 11) is 5.83. The van der Waals surface area contributed by atoms with Crippen LogP contribution < -0.4 is 26.0 Å². The molecule has 4 aliphatic heterocycles. The molecule has 0 bridgehead atoms. The Balaban J connectivity index is 0.000000207. The zero-order valence-corrected chi connectivity index (χ0v) is 59.4. The number of hydrogen-bond donors (Lipinski definition) is 4. The summed E-state index contributed by atoms with van der Waals surface area (Å²) < 4.78 is 65.6. The fourth-order valence-corrected chi connectivity index (χ4v) is 11.7. The number of methoxy groups -OCH3 is 1. The second-order valence-corrected chi connectivity index (χ2v) is 28.1. The number of nitrogens with zero attached hydrogens (tertiary/aromatic N) is 5. The number of pyridine rings is 1. The van der Waals surface area contributed by atoms with Gasteiger partial charge in [0.25, 0.3) is 0 Å². The molecule has 508 valence electrons. The Hall–Kier alpha value is -5.16. The SMILES string of the molecule is CC(C)c1cc(F)c(NC2CCN(C)CC2)c(F)c1.CC(C)c1ccc(NC2CCN(C(C)C)CC2)c(F)c1.CC(C)c1ccc(NC2CCN(C(C)C)CC2)nc1.CC(C)c1ccc(NC2CCN(C)CC2)c(Cl)c1.COCCOc1ccc(C(C)C)cc1F. The lowest BCUT2D eigenvalue weighted by atomic mass is 10.0. The molecule has 1 aromatic heterocycles. The van der Waals surface area contributed by atoms with Crippen molar-refractivity contribution in [3.8, 4) is 5.75 Å². The molecule has 4 fully saturated rings. The highest BCUT2D eigenvalue weighted by molar-refractivity contribution is 6.33. The molecule has 4 aliphatic rings. The van der Waals surface area contributed by atoms with Crippen LogP contribution in [0, 0.1) is 23.3 Å². The molecule has 0 spiro atoms. The van der Waals surface area contributed by atoms with Crippen LogP contribution in [0.3, 0.4) is 0 Å². The lowest BCUT2D eigenvalue weighted by Gasteiger charge is -2.35. The van der Waals surface area contributed by atoms with Gasteiger partial charge < -0.3 is 50.3 Å². The number of aromatic nitrogens is 1. The van der Waals surface area contributed by atoms with E-state index in [9.17, 15) is 17.6 Å². The lowest BCUT2D eigenvalue weighted by Crippen LogP contribution is -2.42. The number of hydrogen-bond acceptors (Lipinski definition) is 11. The number of anilines is 4. The average molecular weight is 1290 g/mol. The number of ether oxygens (including phenoxy) is 2. The normalized spacial score (nSPS) is 16.9. The maximum atomic E-state index is 14.1. The molecule has 11 nitrogen and oxygen atoms in total. The third kappa shape index (κ3) is 26.3. The Morgan fingerprint density at radius 2 is 0.824 bits per heavy atom. The van der Waals surface area contributed by atoms with Crippen molar-refractivity contribution >= 4 is 34.5 Å². The van der Waals surface area contributed by atoms with Crippen molar-refractivity contribution in [2.45, 2.75) is 214 Å². The van der Waals surface area contributed by atoms with Crippen LogP contribution in [0.15, 0.2) is 85.1 Å². The van der Waals surface area contributed by atoms with Crippen molar-refractivity contribution in [2.75, 3.05) is 108 Å². The number of piperidine rings is 4. The van der Waals surface area contributed by atoms with E-state index in [4.69, 9.17) is 21.1 Å². The van der Waals surface area contributed by atoms with Crippen LogP contribution in [0.5, 0.6) is 5.75 Å². The van der Waals surface area contributed by atoms with Gasteiger partial charge >= 0.3 is 0 Å². The van der Waals surface area contributed by atoms with E-state index in [2.05, 4.69) is 160 Å². The highest BCUT2D eigenvalue weighted by atomic mass is 35.5. The molecule has 0 unspecified atom stereocenters. The van der Waals surface area contributed by atoms with Crippen molar-refractivity contribution in [2.24, 2.45) is 0 Å². The Kier molecular flexibility index (Phi) is 32.7. The standard InChI is InChI=1S/C17H27FN2.C16H27N3.C15H23ClN2.C15H22F2N2.C12H17FO2/c1-12(2)14-5-6-17(16(18)11-14)19-15-7-9-20(10-8-15)13(3)4;1-12(2)14-5-6-16(17-11-14)18-15-7-9-19(10-8-15)13(3)4;1-11(2)12-4-5-15(14(16)10-12)17-13-6-8-18(3)9-7-13;1-10(2)11-8-13(16)15(14(17)9-11)18-12-4-6-19(3)7-5-12;1-9(2)10-4-5-12(11(13)8-10)15-7-6-14-3/h5-6,11-13,15,19H,7-10H2,1-4H3;5-6,11-13,15H,7-10H2,1-4H3,(H,17,18);4-5,10-11,13,17H,6-9H2,1-3H3;8-10,12,18H,4-7H2,1-3H3;4-5,8-9H,6-7H2,1-3H3. The van der Waals surface area contributed by atoms with Crippen LogP contribution in [0.1, 0.15) is 206 Å². The second kappa shape index (κ2) is 38.9. The van der Waals surface area contributed by atoms with Gasteiger partial charge in [-0.3, -0.25) is 0 Å². The molecular formula is C75H116ClF4N9O2. The predicted octanol–water partition coefficient (Wildman–Crippen LogP) is 18.3. The fourth-order valence-electron chi connectivity index (χ4n) is 11.4. The zero-order chi connectivity index (χ0) is 66.9. The predicted molar refractivity (Wildman–Crippen MR) is 378 cm³/mol. The molecule has 4 N–H and O–H groups in total. The number of rotatable bonds is 19. The van der Waals surface area contributed by atoms with Crippen molar-refractivity contribution in [3.05, 3.63) is 141 Å². The van der Waals surface area contributed by atoms with E-state index in [1.807, 2.05) is 52.1 Å². The Labute approximate surface area is 552 Å². The first-order valence-corrected chi connectivity index (χ1v) is 34.5. The van der Waals surface area contributed by atoms with Crippen molar-refractivity contribution in [1.82, 2.24) is 24.6 Å². The van der Waals surface area contributed by atoms with E-state index in [-0.39, 0.29) is 35.0 Å². The van der Waals surface area contributed by atoms with Crippen LogP contribution in [0.4, 0.5) is 40.4 Å². The van der Waals surface area contributed by atoms with E-state index in [0.29, 0.717) is 78.3 Å². The Morgan fingerprint density at radius 1 is 0.440 bits per heavy atom. The topological polar surface area (TPSA) is 92.4 Å². The van der Waals surface area contributed by atoms with Crippen molar-refractivity contribution in [1.29, 1.82) is 0 Å². The van der Waals surface area contributed by atoms with Gasteiger partial charge in [-0.05, 0) is 231 Å². The fraction of sp³-hybridized carbons (Fsp3) is 0.613. The average Bonchev–Trinajstić information content (AvgIpc) is 1.37. The molecule has 4 saturated heterocycles. The lowest BCUT2D eigenvalue weighted by molar-refractivity contribution is 0.144. The Bertz CT molecular complexity index is 2840. The van der Waals surface area contributed by atoms with Crippen LogP contribution in [0.25, 0.3) is 0 Å². The molecule has 0 amide bonds. The van der Waals surface area contributed by atoms with Gasteiger partial charge in [-0.2, -0.15) is 0 Å². The molecule has 4 aromatic carbocycles. The molecule has 0 saturated carbocycles. The maximum Gasteiger partial charge on any atom is 0.165 e. The first kappa shape index (κ1) is 76.6. The van der Waals surface area contributed by atoms with Gasteiger partial charge in [0, 0.05) is 75.7 Å². The molecule has 16 heteroatoms. The van der Waals surface area contributed by atoms with Gasteiger partial charge in [0.15, 0.2) is 11.6 Å². The quantitative estimate of drug-likeness (QED) is 0.0471. The van der Waals surface area contributed by atoms with Crippen LogP contribution >= 0.6 is 11.6 Å². The number of nitrogens with one attached hydrogen (secondary N) is 4. The van der Waals surface area contributed by atoms with E-state index in [1.165, 1.54) is 81.2 Å². The minimum absolute atomic E-state index is 0.0268. The van der Waals surface area contributed by atoms with Gasteiger partial charge in [0.2, 0.25) is 0 Å². The maximum absolute atomic E-state index is 14.1. The first-order valence-electron chi connectivity index (χ1n) is 34.1.